The van der Waals surface area contributed by atoms with E-state index >= 15 is 0 Å². The second-order valence-corrected chi connectivity index (χ2v) is 9.70. The fraction of sp³-hybridized carbons (Fsp3) is 0.429. The van der Waals surface area contributed by atoms with Gasteiger partial charge in [-0.15, -0.1) is 11.8 Å². The first kappa shape index (κ1) is 18.9. The summed E-state index contributed by atoms with van der Waals surface area (Å²) in [4.78, 5) is 39.6. The minimum atomic E-state index is -0.432. The molecule has 146 valence electrons. The van der Waals surface area contributed by atoms with Gasteiger partial charge < -0.3 is 9.42 Å². The van der Waals surface area contributed by atoms with E-state index < -0.39 is 12.0 Å². The van der Waals surface area contributed by atoms with Crippen LogP contribution in [0.4, 0.5) is 0 Å². The summed E-state index contributed by atoms with van der Waals surface area (Å²) in [6, 6.07) is 8.96. The lowest BCUT2D eigenvalue weighted by molar-refractivity contribution is -0.156. The zero-order valence-electron chi connectivity index (χ0n) is 16.3. The van der Waals surface area contributed by atoms with Gasteiger partial charge in [0.1, 0.15) is 17.5 Å². The summed E-state index contributed by atoms with van der Waals surface area (Å²) in [5.41, 5.74) is 1.74. The van der Waals surface area contributed by atoms with Crippen LogP contribution in [0.25, 0.3) is 11.3 Å². The predicted molar refractivity (Wildman–Crippen MR) is 106 cm³/mol. The molecule has 1 aromatic heterocycles. The quantitative estimate of drug-likeness (QED) is 0.567. The number of carbonyl (C=O) groups is 3. The molecule has 7 heteroatoms. The van der Waals surface area contributed by atoms with E-state index in [-0.39, 0.29) is 34.0 Å². The minimum Gasteiger partial charge on any atom is -0.360 e. The largest absolute Gasteiger partial charge is 0.360 e. The third kappa shape index (κ3) is 2.80. The van der Waals surface area contributed by atoms with E-state index in [4.69, 9.17) is 4.52 Å². The van der Waals surface area contributed by atoms with E-state index in [2.05, 4.69) is 5.16 Å². The number of Topliss-reactive ketones (excluding diaryl/α,β-unsaturated/α-hetero) is 2. The van der Waals surface area contributed by atoms with Crippen molar-refractivity contribution in [1.29, 1.82) is 0 Å². The second kappa shape index (κ2) is 6.58. The van der Waals surface area contributed by atoms with E-state index in [9.17, 15) is 14.4 Å². The molecule has 2 saturated heterocycles. The highest BCUT2D eigenvalue weighted by atomic mass is 32.2. The van der Waals surface area contributed by atoms with Crippen LogP contribution in [0.5, 0.6) is 0 Å². The molecule has 2 fully saturated rings. The van der Waals surface area contributed by atoms with Gasteiger partial charge in [-0.1, -0.05) is 35.5 Å². The van der Waals surface area contributed by atoms with Crippen molar-refractivity contribution in [2.75, 3.05) is 0 Å². The first-order valence-electron chi connectivity index (χ1n) is 9.27. The summed E-state index contributed by atoms with van der Waals surface area (Å²) in [7, 11) is 0. The topological polar surface area (TPSA) is 80.5 Å². The summed E-state index contributed by atoms with van der Waals surface area (Å²) in [6.45, 7) is 7.19. The van der Waals surface area contributed by atoms with Crippen LogP contribution in [-0.2, 0) is 9.59 Å². The number of aromatic nitrogens is 1. The normalized spacial score (nSPS) is 25.4. The summed E-state index contributed by atoms with van der Waals surface area (Å²) < 4.78 is 4.93. The van der Waals surface area contributed by atoms with Gasteiger partial charge in [0.15, 0.2) is 11.6 Å². The lowest BCUT2D eigenvalue weighted by Gasteiger charge is -2.44. The van der Waals surface area contributed by atoms with Crippen molar-refractivity contribution in [2.45, 2.75) is 50.3 Å². The molecular weight excluding hydrogens is 376 g/mol. The SMILES string of the molecule is CC(=O)[C@@H]1N2C(=O)[C@@H](CC(=O)c3c(-c4ccccc4)noc3C)[C@H]2SC1(C)C. The lowest BCUT2D eigenvalue weighted by atomic mass is 9.85. The lowest BCUT2D eigenvalue weighted by Crippen LogP contribution is -2.62. The number of ketones is 2. The molecule has 0 unspecified atom stereocenters. The van der Waals surface area contributed by atoms with Crippen molar-refractivity contribution in [3.05, 3.63) is 41.7 Å². The van der Waals surface area contributed by atoms with Crippen LogP contribution >= 0.6 is 11.8 Å². The molecule has 28 heavy (non-hydrogen) atoms. The van der Waals surface area contributed by atoms with Crippen molar-refractivity contribution >= 4 is 29.2 Å². The molecule has 2 aromatic rings. The van der Waals surface area contributed by atoms with Crippen LogP contribution < -0.4 is 0 Å². The minimum absolute atomic E-state index is 0.0145. The van der Waals surface area contributed by atoms with Gasteiger partial charge in [-0.05, 0) is 27.7 Å². The maximum absolute atomic E-state index is 13.1. The standard InChI is InChI=1S/C21H22N2O4S/c1-11(24)18-21(3,4)28-20-14(19(26)23(18)20)10-15(25)16-12(2)27-22-17(16)13-8-6-5-7-9-13/h5-9,14,18,20H,10H2,1-4H3/t14-,18+,20-/m1/s1. The third-order valence-electron chi connectivity index (χ3n) is 5.53. The van der Waals surface area contributed by atoms with Crippen molar-refractivity contribution in [1.82, 2.24) is 10.1 Å². The van der Waals surface area contributed by atoms with Gasteiger partial charge in [0.2, 0.25) is 5.91 Å². The number of fused-ring (bicyclic) bond motifs is 1. The fourth-order valence-electron chi connectivity index (χ4n) is 4.34. The van der Waals surface area contributed by atoms with Crippen molar-refractivity contribution < 1.29 is 18.9 Å². The molecule has 4 rings (SSSR count). The Hall–Kier alpha value is -2.41. The smallest absolute Gasteiger partial charge is 0.230 e. The van der Waals surface area contributed by atoms with Crippen LogP contribution in [0.15, 0.2) is 34.9 Å². The molecule has 1 amide bonds. The Morgan fingerprint density at radius 3 is 2.57 bits per heavy atom. The molecule has 2 aliphatic heterocycles. The molecule has 0 bridgehead atoms. The predicted octanol–water partition coefficient (Wildman–Crippen LogP) is 3.49. The third-order valence-corrected chi connectivity index (χ3v) is 7.16. The van der Waals surface area contributed by atoms with E-state index in [1.165, 1.54) is 6.92 Å². The van der Waals surface area contributed by atoms with Gasteiger partial charge in [0, 0.05) is 16.7 Å². The summed E-state index contributed by atoms with van der Waals surface area (Å²) in [6.07, 6.45) is 0.0928. The number of amides is 1. The van der Waals surface area contributed by atoms with Crippen molar-refractivity contribution in [3.63, 3.8) is 0 Å². The van der Waals surface area contributed by atoms with E-state index in [1.54, 1.807) is 23.6 Å². The molecule has 0 aliphatic carbocycles. The molecule has 6 nitrogen and oxygen atoms in total. The van der Waals surface area contributed by atoms with Crippen LogP contribution in [-0.4, -0.2) is 43.7 Å². The van der Waals surface area contributed by atoms with Crippen LogP contribution in [0.3, 0.4) is 0 Å². The number of nitrogens with zero attached hydrogens (tertiary/aromatic N) is 2. The summed E-state index contributed by atoms with van der Waals surface area (Å²) >= 11 is 1.60. The molecule has 0 saturated carbocycles. The molecule has 3 atom stereocenters. The first-order valence-corrected chi connectivity index (χ1v) is 10.2. The van der Waals surface area contributed by atoms with Crippen molar-refractivity contribution in [3.8, 4) is 11.3 Å². The van der Waals surface area contributed by atoms with E-state index in [0.29, 0.717) is 17.0 Å². The van der Waals surface area contributed by atoms with Gasteiger partial charge in [-0.25, -0.2) is 0 Å². The number of thioether (sulfide) groups is 1. The second-order valence-electron chi connectivity index (χ2n) is 7.93. The monoisotopic (exact) mass is 398 g/mol. The van der Waals surface area contributed by atoms with Crippen LogP contribution in [0.1, 0.15) is 43.3 Å². The number of hydrogen-bond acceptors (Lipinski definition) is 6. The zero-order chi connectivity index (χ0) is 20.2. The Kier molecular flexibility index (Phi) is 4.45. The van der Waals surface area contributed by atoms with E-state index in [1.807, 2.05) is 44.2 Å². The van der Waals surface area contributed by atoms with Gasteiger partial charge in [0.25, 0.3) is 0 Å². The summed E-state index contributed by atoms with van der Waals surface area (Å²) in [5.74, 6) is -0.251. The Morgan fingerprint density at radius 1 is 1.25 bits per heavy atom. The summed E-state index contributed by atoms with van der Waals surface area (Å²) in [5, 5.41) is 3.92. The highest BCUT2D eigenvalue weighted by molar-refractivity contribution is 8.01. The Bertz CT molecular complexity index is 966. The van der Waals surface area contributed by atoms with Crippen LogP contribution in [0.2, 0.25) is 0 Å². The molecular formula is C21H22N2O4S. The molecule has 3 heterocycles. The number of hydrogen-bond donors (Lipinski definition) is 0. The van der Waals surface area contributed by atoms with E-state index in [0.717, 1.165) is 5.56 Å². The Labute approximate surface area is 167 Å². The molecule has 0 radical (unpaired) electrons. The Balaban J connectivity index is 1.58. The van der Waals surface area contributed by atoms with Crippen LogP contribution in [0, 0.1) is 12.8 Å². The highest BCUT2D eigenvalue weighted by Crippen LogP contribution is 2.54. The Morgan fingerprint density at radius 2 is 1.93 bits per heavy atom. The van der Waals surface area contributed by atoms with Gasteiger partial charge >= 0.3 is 0 Å². The van der Waals surface area contributed by atoms with Gasteiger partial charge in [0.05, 0.1) is 16.9 Å². The molecule has 0 spiro atoms. The zero-order valence-corrected chi connectivity index (χ0v) is 17.1. The number of benzene rings is 1. The van der Waals surface area contributed by atoms with Gasteiger partial charge in [-0.2, -0.15) is 0 Å². The highest BCUT2D eigenvalue weighted by Gasteiger charge is 2.62. The maximum atomic E-state index is 13.1. The molecule has 1 aromatic carbocycles. The average Bonchev–Trinajstić information content (AvgIpc) is 3.15. The number of rotatable bonds is 5. The number of carbonyl (C=O) groups excluding carboxylic acids is 3. The molecule has 2 aliphatic rings. The number of β-lactam (4-membered cyclic amide) rings is 1. The molecule has 0 N–H and O–H groups in total. The average molecular weight is 398 g/mol. The maximum Gasteiger partial charge on any atom is 0.230 e. The fourth-order valence-corrected chi connectivity index (χ4v) is 6.09. The number of aryl methyl sites for hydroxylation is 1. The first-order chi connectivity index (χ1) is 13.2. The van der Waals surface area contributed by atoms with Crippen molar-refractivity contribution in [2.24, 2.45) is 5.92 Å². The van der Waals surface area contributed by atoms with Gasteiger partial charge in [-0.3, -0.25) is 14.4 Å².